The van der Waals surface area contributed by atoms with Crippen molar-refractivity contribution < 1.29 is 19.1 Å². The summed E-state index contributed by atoms with van der Waals surface area (Å²) in [4.78, 5) is 30.8. The average molecular weight is 512 g/mol. The summed E-state index contributed by atoms with van der Waals surface area (Å²) in [6.45, 7) is 3.28. The quantitative estimate of drug-likeness (QED) is 0.574. The summed E-state index contributed by atoms with van der Waals surface area (Å²) in [6.07, 6.45) is 9.64. The first-order chi connectivity index (χ1) is 16.6. The lowest BCUT2D eigenvalue weighted by atomic mass is 9.75. The molecule has 4 rings (SSSR count). The number of carbonyl (C=O) groups is 2. The number of piperazine rings is 1. The summed E-state index contributed by atoms with van der Waals surface area (Å²) in [5.74, 6) is 0.915. The van der Waals surface area contributed by atoms with Crippen molar-refractivity contribution in [2.45, 2.75) is 63.5 Å². The molecule has 2 amide bonds. The Bertz CT molecular complexity index is 808. The fraction of sp³-hybridized carbons (Fsp3) is 0.760. The largest absolute Gasteiger partial charge is 0.474 e. The van der Waals surface area contributed by atoms with Crippen molar-refractivity contribution in [2.24, 2.45) is 11.8 Å². The summed E-state index contributed by atoms with van der Waals surface area (Å²) in [5, 5.41) is 4.13. The minimum Gasteiger partial charge on any atom is -0.474 e. The van der Waals surface area contributed by atoms with Crippen molar-refractivity contribution in [1.29, 1.82) is 0 Å². The molecule has 2 aliphatic heterocycles. The van der Waals surface area contributed by atoms with Gasteiger partial charge in [-0.1, -0.05) is 42.2 Å². The van der Waals surface area contributed by atoms with E-state index in [2.05, 4.69) is 10.2 Å². The summed E-state index contributed by atoms with van der Waals surface area (Å²) < 4.78 is 11.7. The Hall–Kier alpha value is -1.35. The van der Waals surface area contributed by atoms with E-state index in [9.17, 15) is 9.59 Å². The number of thiophene rings is 1. The van der Waals surface area contributed by atoms with Crippen molar-refractivity contribution in [3.05, 3.63) is 16.5 Å². The molecule has 3 unspecified atom stereocenters. The van der Waals surface area contributed by atoms with E-state index >= 15 is 0 Å². The van der Waals surface area contributed by atoms with Crippen LogP contribution in [0.4, 0.5) is 0 Å². The first-order valence-corrected chi connectivity index (χ1v) is 14.0. The van der Waals surface area contributed by atoms with Gasteiger partial charge in [-0.05, 0) is 69.2 Å². The Kier molecular flexibility index (Phi) is 9.51. The molecular formula is C25H38ClN3O4S. The molecular weight excluding hydrogens is 474 g/mol. The maximum Gasteiger partial charge on any atom is 0.261 e. The van der Waals surface area contributed by atoms with Crippen molar-refractivity contribution >= 4 is 34.8 Å². The molecule has 1 N–H and O–H groups in total. The molecule has 3 fully saturated rings. The number of rotatable bonds is 8. The summed E-state index contributed by atoms with van der Waals surface area (Å²) in [6, 6.07) is 3.16. The summed E-state index contributed by atoms with van der Waals surface area (Å²) in [5.41, 5.74) is 0. The van der Waals surface area contributed by atoms with Gasteiger partial charge < -0.3 is 24.6 Å². The second-order valence-electron chi connectivity index (χ2n) is 9.77. The Labute approximate surface area is 212 Å². The Morgan fingerprint density at radius 3 is 2.62 bits per heavy atom. The van der Waals surface area contributed by atoms with Crippen molar-refractivity contribution in [2.75, 3.05) is 46.5 Å². The third-order valence-electron chi connectivity index (χ3n) is 7.65. The van der Waals surface area contributed by atoms with Crippen LogP contribution in [-0.2, 0) is 14.3 Å². The number of ether oxygens (including phenoxy) is 2. The first kappa shape index (κ1) is 25.7. The molecule has 3 atom stereocenters. The van der Waals surface area contributed by atoms with E-state index in [0.29, 0.717) is 34.3 Å². The van der Waals surface area contributed by atoms with E-state index in [-0.39, 0.29) is 31.1 Å². The number of hydrogen-bond acceptors (Lipinski definition) is 6. The van der Waals surface area contributed by atoms with Crippen molar-refractivity contribution in [3.63, 3.8) is 0 Å². The maximum absolute atomic E-state index is 13.9. The van der Waals surface area contributed by atoms with Gasteiger partial charge in [0.2, 0.25) is 5.91 Å². The highest BCUT2D eigenvalue weighted by atomic mass is 35.5. The van der Waals surface area contributed by atoms with Crippen LogP contribution in [0.2, 0.25) is 4.34 Å². The Morgan fingerprint density at radius 1 is 1.12 bits per heavy atom. The lowest BCUT2D eigenvalue weighted by Crippen LogP contribution is -2.65. The highest BCUT2D eigenvalue weighted by molar-refractivity contribution is 7.17. The van der Waals surface area contributed by atoms with Crippen molar-refractivity contribution in [3.8, 4) is 5.06 Å². The minimum absolute atomic E-state index is 0.0356. The number of halogens is 1. The summed E-state index contributed by atoms with van der Waals surface area (Å²) >= 11 is 7.26. The molecule has 1 aromatic rings. The van der Waals surface area contributed by atoms with Gasteiger partial charge in [-0.3, -0.25) is 9.59 Å². The molecule has 0 bridgehead atoms. The van der Waals surface area contributed by atoms with E-state index < -0.39 is 6.04 Å². The Balaban J connectivity index is 1.49. The van der Waals surface area contributed by atoms with E-state index in [1.807, 2.05) is 0 Å². The van der Waals surface area contributed by atoms with Crippen LogP contribution in [0.25, 0.3) is 0 Å². The number of nitrogens with one attached hydrogen (secondary N) is 1. The zero-order valence-corrected chi connectivity index (χ0v) is 21.7. The molecule has 7 nitrogen and oxygen atoms in total. The van der Waals surface area contributed by atoms with Gasteiger partial charge in [-0.2, -0.15) is 0 Å². The molecule has 0 radical (unpaired) electrons. The van der Waals surface area contributed by atoms with Gasteiger partial charge in [0.05, 0.1) is 10.9 Å². The van der Waals surface area contributed by atoms with Crippen LogP contribution in [0.15, 0.2) is 12.1 Å². The molecule has 1 aromatic heterocycles. The van der Waals surface area contributed by atoms with E-state index in [4.69, 9.17) is 21.1 Å². The first-order valence-electron chi connectivity index (χ1n) is 12.8. The molecule has 2 saturated heterocycles. The molecule has 0 spiro atoms. The van der Waals surface area contributed by atoms with Gasteiger partial charge in [-0.25, -0.2) is 0 Å². The van der Waals surface area contributed by atoms with Crippen LogP contribution in [0.3, 0.4) is 0 Å². The zero-order chi connectivity index (χ0) is 23.9. The molecule has 1 aliphatic carbocycles. The molecule has 190 valence electrons. The molecule has 3 heterocycles. The lowest BCUT2D eigenvalue weighted by molar-refractivity contribution is -0.159. The van der Waals surface area contributed by atoms with Crippen LogP contribution < -0.4 is 10.1 Å². The van der Waals surface area contributed by atoms with Crippen LogP contribution >= 0.6 is 22.9 Å². The highest BCUT2D eigenvalue weighted by Crippen LogP contribution is 2.37. The fourth-order valence-corrected chi connectivity index (χ4v) is 6.94. The summed E-state index contributed by atoms with van der Waals surface area (Å²) in [7, 11) is 1.59. The van der Waals surface area contributed by atoms with Gasteiger partial charge in [0.1, 0.15) is 6.04 Å². The number of amides is 2. The normalized spacial score (nSPS) is 25.8. The minimum atomic E-state index is -0.600. The monoisotopic (exact) mass is 511 g/mol. The molecule has 9 heteroatoms. The average Bonchev–Trinajstić information content (AvgIpc) is 3.09. The lowest BCUT2D eigenvalue weighted by Gasteiger charge is -2.48. The zero-order valence-electron chi connectivity index (χ0n) is 20.2. The van der Waals surface area contributed by atoms with Gasteiger partial charge in [0.25, 0.3) is 5.91 Å². The highest BCUT2D eigenvalue weighted by Gasteiger charge is 2.44. The second kappa shape index (κ2) is 12.6. The Morgan fingerprint density at radius 2 is 1.88 bits per heavy atom. The number of nitrogens with zero attached hydrogens (tertiary/aromatic N) is 2. The van der Waals surface area contributed by atoms with Crippen LogP contribution in [-0.4, -0.2) is 80.2 Å². The number of hydrogen-bond donors (Lipinski definition) is 1. The third kappa shape index (κ3) is 6.25. The van der Waals surface area contributed by atoms with Gasteiger partial charge >= 0.3 is 0 Å². The van der Waals surface area contributed by atoms with Crippen LogP contribution in [0.1, 0.15) is 51.4 Å². The number of carbonyl (C=O) groups excluding carboxylic acids is 2. The topological polar surface area (TPSA) is 71.1 Å². The van der Waals surface area contributed by atoms with Gasteiger partial charge in [-0.15, -0.1) is 0 Å². The molecule has 0 aromatic carbocycles. The van der Waals surface area contributed by atoms with Gasteiger partial charge in [0, 0.05) is 26.2 Å². The predicted molar refractivity (Wildman–Crippen MR) is 134 cm³/mol. The van der Waals surface area contributed by atoms with Gasteiger partial charge in [0.15, 0.2) is 11.7 Å². The van der Waals surface area contributed by atoms with E-state index in [1.165, 1.54) is 43.4 Å². The third-order valence-corrected chi connectivity index (χ3v) is 8.80. The molecule has 3 aliphatic rings. The maximum atomic E-state index is 13.9. The molecule has 34 heavy (non-hydrogen) atoms. The predicted octanol–water partition coefficient (Wildman–Crippen LogP) is 3.80. The van der Waals surface area contributed by atoms with E-state index in [1.54, 1.807) is 24.1 Å². The standard InChI is InChI=1S/C25H38ClN3O4S/c1-32-16-20-25(31)29(15-14-28(20)22(30)17-33-23-10-9-21(26)34-23)24(18-6-3-2-4-7-18)19-8-5-12-27-13-11-19/h9-10,18-20,24,27H,2-8,11-17H2,1H3. The molecule has 1 saturated carbocycles. The smallest absolute Gasteiger partial charge is 0.261 e. The second-order valence-corrected chi connectivity index (χ2v) is 11.4. The SMILES string of the molecule is COCC1C(=O)N(C(C2CCCCC2)C2CCCNCC2)CCN1C(=O)COc1ccc(Cl)s1. The fourth-order valence-electron chi connectivity index (χ4n) is 6.07. The van der Waals surface area contributed by atoms with Crippen molar-refractivity contribution in [1.82, 2.24) is 15.1 Å². The van der Waals surface area contributed by atoms with Crippen LogP contribution in [0.5, 0.6) is 5.06 Å². The van der Waals surface area contributed by atoms with Crippen LogP contribution in [0, 0.1) is 11.8 Å². The number of methoxy groups -OCH3 is 1. The van der Waals surface area contributed by atoms with E-state index in [0.717, 1.165) is 32.4 Å².